The summed E-state index contributed by atoms with van der Waals surface area (Å²) in [6.07, 6.45) is 2.77. The van der Waals surface area contributed by atoms with Crippen molar-refractivity contribution < 1.29 is 29.3 Å². The van der Waals surface area contributed by atoms with Gasteiger partial charge in [0.25, 0.3) is 5.91 Å². The molecule has 4 atom stereocenters. The van der Waals surface area contributed by atoms with Crippen LogP contribution in [-0.4, -0.2) is 71.9 Å². The molecule has 2 aliphatic heterocycles. The van der Waals surface area contributed by atoms with Gasteiger partial charge in [0, 0.05) is 30.8 Å². The van der Waals surface area contributed by atoms with Gasteiger partial charge in [-0.3, -0.25) is 19.3 Å². The number of ether oxygens (including phenoxy) is 1. The molecule has 0 aromatic heterocycles. The fourth-order valence-electron chi connectivity index (χ4n) is 6.93. The number of anilines is 1. The number of epoxide rings is 1. The second-order valence-corrected chi connectivity index (χ2v) is 10.3. The monoisotopic (exact) mass is 465 g/mol. The highest BCUT2D eigenvalue weighted by Crippen LogP contribution is 2.63. The highest BCUT2D eigenvalue weighted by molar-refractivity contribution is 6.26. The van der Waals surface area contributed by atoms with Crippen LogP contribution in [0.1, 0.15) is 34.3 Å². The Morgan fingerprint density at radius 2 is 2.03 bits per heavy atom. The predicted octanol–water partition coefficient (Wildman–Crippen LogP) is 0.983. The number of Topliss-reactive ketones (excluding diaryl/α,β-unsaturated/α-hetero) is 2. The molecule has 0 saturated carbocycles. The number of hydrogen-bond donors (Lipinski definition) is 3. The van der Waals surface area contributed by atoms with Gasteiger partial charge in [0.05, 0.1) is 11.6 Å². The Balaban J connectivity index is 1.54. The number of amides is 1. The Kier molecular flexibility index (Phi) is 4.14. The maximum atomic E-state index is 13.8. The number of hydrogen-bond acceptors (Lipinski definition) is 8. The SMILES string of the molecule is CN1CCCc2cc(O)c3c(c21)CC1CC2C(N(C)C)C(O)=C(C(N)=O)C(=O)[C@]24OC4=C1C3=O. The molecular weight excluding hydrogens is 438 g/mol. The maximum absolute atomic E-state index is 13.8. The predicted molar refractivity (Wildman–Crippen MR) is 122 cm³/mol. The first-order valence-electron chi connectivity index (χ1n) is 11.6. The van der Waals surface area contributed by atoms with E-state index in [2.05, 4.69) is 4.90 Å². The van der Waals surface area contributed by atoms with Crippen LogP contribution < -0.4 is 10.6 Å². The van der Waals surface area contributed by atoms with Gasteiger partial charge in [0.1, 0.15) is 17.1 Å². The number of aromatic hydroxyl groups is 1. The summed E-state index contributed by atoms with van der Waals surface area (Å²) in [5, 5.41) is 21.7. The third-order valence-electron chi connectivity index (χ3n) is 8.26. The number of ketones is 2. The van der Waals surface area contributed by atoms with Crippen LogP contribution >= 0.6 is 0 Å². The van der Waals surface area contributed by atoms with E-state index in [1.807, 2.05) is 7.05 Å². The average Bonchev–Trinajstić information content (AvgIpc) is 3.49. The van der Waals surface area contributed by atoms with Gasteiger partial charge in [-0.25, -0.2) is 0 Å². The zero-order valence-corrected chi connectivity index (χ0v) is 19.3. The Hall–Kier alpha value is -3.33. The highest BCUT2D eigenvalue weighted by atomic mass is 16.6. The van der Waals surface area contributed by atoms with Gasteiger partial charge in [0.2, 0.25) is 11.4 Å². The summed E-state index contributed by atoms with van der Waals surface area (Å²) in [6.45, 7) is 0.873. The number of fused-ring (bicyclic) bond motifs is 4. The van der Waals surface area contributed by atoms with Gasteiger partial charge in [-0.05, 0) is 62.9 Å². The summed E-state index contributed by atoms with van der Waals surface area (Å²) in [5.41, 5.74) is 7.08. The zero-order chi connectivity index (χ0) is 24.3. The van der Waals surface area contributed by atoms with E-state index < -0.39 is 34.8 Å². The minimum atomic E-state index is -1.47. The molecule has 5 aliphatic rings. The Bertz CT molecular complexity index is 1280. The lowest BCUT2D eigenvalue weighted by Gasteiger charge is -2.43. The van der Waals surface area contributed by atoms with Gasteiger partial charge in [-0.15, -0.1) is 0 Å². The first-order valence-corrected chi connectivity index (χ1v) is 11.6. The number of aliphatic hydroxyl groups excluding tert-OH is 1. The fourth-order valence-corrected chi connectivity index (χ4v) is 6.93. The van der Waals surface area contributed by atoms with Crippen molar-refractivity contribution in [2.45, 2.75) is 37.3 Å². The molecule has 34 heavy (non-hydrogen) atoms. The fraction of sp³-hybridized carbons (Fsp3) is 0.480. The summed E-state index contributed by atoms with van der Waals surface area (Å²) in [5.74, 6) is -2.85. The second kappa shape index (κ2) is 6.63. The molecule has 1 spiro atoms. The molecule has 6 rings (SSSR count). The molecule has 1 aromatic rings. The summed E-state index contributed by atoms with van der Waals surface area (Å²) in [6, 6.07) is 1.03. The van der Waals surface area contributed by atoms with Crippen LogP contribution in [0, 0.1) is 11.8 Å². The number of phenols is 1. The number of nitrogens with two attached hydrogens (primary N) is 1. The lowest BCUT2D eigenvalue weighted by Crippen LogP contribution is -2.56. The van der Waals surface area contributed by atoms with E-state index in [0.717, 1.165) is 36.2 Å². The van der Waals surface area contributed by atoms with Crippen molar-refractivity contribution in [2.75, 3.05) is 32.6 Å². The van der Waals surface area contributed by atoms with Gasteiger partial charge < -0.3 is 25.6 Å². The molecule has 3 unspecified atom stereocenters. The van der Waals surface area contributed by atoms with Gasteiger partial charge >= 0.3 is 0 Å². The number of carbonyl (C=O) groups is 3. The van der Waals surface area contributed by atoms with E-state index in [-0.39, 0.29) is 34.5 Å². The van der Waals surface area contributed by atoms with Crippen molar-refractivity contribution in [1.82, 2.24) is 4.90 Å². The molecule has 178 valence electrons. The third-order valence-corrected chi connectivity index (χ3v) is 8.26. The number of allylic oxidation sites excluding steroid dienone is 1. The first-order chi connectivity index (χ1) is 16.1. The number of benzene rings is 1. The molecule has 1 fully saturated rings. The lowest BCUT2D eigenvalue weighted by molar-refractivity contribution is -0.128. The van der Waals surface area contributed by atoms with Crippen molar-refractivity contribution >= 4 is 23.2 Å². The summed E-state index contributed by atoms with van der Waals surface area (Å²) in [7, 11) is 5.52. The van der Waals surface area contributed by atoms with Crippen molar-refractivity contribution in [2.24, 2.45) is 17.6 Å². The van der Waals surface area contributed by atoms with E-state index in [1.165, 1.54) is 0 Å². The van der Waals surface area contributed by atoms with Crippen molar-refractivity contribution in [3.05, 3.63) is 45.4 Å². The molecule has 4 N–H and O–H groups in total. The number of rotatable bonds is 2. The summed E-state index contributed by atoms with van der Waals surface area (Å²) in [4.78, 5) is 43.2. The largest absolute Gasteiger partial charge is 0.510 e. The van der Waals surface area contributed by atoms with Crippen LogP contribution in [0.5, 0.6) is 5.75 Å². The number of aryl methyl sites for hydroxylation is 1. The molecular formula is C25H27N3O6. The van der Waals surface area contributed by atoms with E-state index in [1.54, 1.807) is 25.1 Å². The van der Waals surface area contributed by atoms with Crippen LogP contribution in [0.25, 0.3) is 0 Å². The Labute approximate surface area is 196 Å². The number of aliphatic hydroxyl groups is 1. The molecule has 2 heterocycles. The number of primary amides is 1. The van der Waals surface area contributed by atoms with Crippen LogP contribution in [0.3, 0.4) is 0 Å². The minimum Gasteiger partial charge on any atom is -0.510 e. The molecule has 1 saturated heterocycles. The normalized spacial score (nSPS) is 31.4. The van der Waals surface area contributed by atoms with Gasteiger partial charge in [-0.2, -0.15) is 0 Å². The number of nitrogens with zero attached hydrogens (tertiary/aromatic N) is 2. The van der Waals surface area contributed by atoms with Crippen molar-refractivity contribution in [3.8, 4) is 5.75 Å². The second-order valence-electron chi connectivity index (χ2n) is 10.3. The number of carbonyl (C=O) groups excluding carboxylic acids is 3. The molecule has 0 radical (unpaired) electrons. The van der Waals surface area contributed by atoms with Gasteiger partial charge in [0.15, 0.2) is 11.5 Å². The minimum absolute atomic E-state index is 0.0473. The van der Waals surface area contributed by atoms with E-state index in [4.69, 9.17) is 10.5 Å². The zero-order valence-electron chi connectivity index (χ0n) is 19.3. The van der Waals surface area contributed by atoms with Crippen molar-refractivity contribution in [1.29, 1.82) is 0 Å². The number of likely N-dealkylation sites (N-methyl/N-ethyl adjacent to an activating group) is 1. The molecule has 0 bridgehead atoms. The van der Waals surface area contributed by atoms with E-state index in [9.17, 15) is 24.6 Å². The quantitative estimate of drug-likeness (QED) is 0.434. The molecule has 3 aliphatic carbocycles. The summed E-state index contributed by atoms with van der Waals surface area (Å²) >= 11 is 0. The topological polar surface area (TPSA) is 137 Å². The first kappa shape index (κ1) is 21.2. The van der Waals surface area contributed by atoms with E-state index >= 15 is 0 Å². The molecule has 9 heteroatoms. The summed E-state index contributed by atoms with van der Waals surface area (Å²) < 4.78 is 5.96. The standard InChI is InChI=1S/C25H27N3O6/c1-27(2)19-13-8-11-7-12-16(14(29)9-10-5-4-6-28(3)18(10)12)20(30)15(11)23-25(13,34-23)22(32)17(21(19)31)24(26)33/h9,11,13,19,29,31H,4-8H2,1-3H3,(H2,26,33)/t11?,13?,19?,25-/m1/s1. The highest BCUT2D eigenvalue weighted by Gasteiger charge is 2.74. The lowest BCUT2D eigenvalue weighted by atomic mass is 9.61. The van der Waals surface area contributed by atoms with Crippen LogP contribution in [-0.2, 0) is 27.2 Å². The molecule has 9 nitrogen and oxygen atoms in total. The van der Waals surface area contributed by atoms with E-state index in [0.29, 0.717) is 18.4 Å². The van der Waals surface area contributed by atoms with Crippen LogP contribution in [0.4, 0.5) is 5.69 Å². The van der Waals surface area contributed by atoms with Crippen LogP contribution in [0.15, 0.2) is 28.7 Å². The average molecular weight is 466 g/mol. The molecule has 1 aromatic carbocycles. The van der Waals surface area contributed by atoms with Crippen molar-refractivity contribution in [3.63, 3.8) is 0 Å². The third kappa shape index (κ3) is 2.40. The smallest absolute Gasteiger partial charge is 0.255 e. The van der Waals surface area contributed by atoms with Crippen LogP contribution in [0.2, 0.25) is 0 Å². The molecule has 1 amide bonds. The Morgan fingerprint density at radius 3 is 2.71 bits per heavy atom. The van der Waals surface area contributed by atoms with Gasteiger partial charge in [-0.1, -0.05) is 0 Å². The Morgan fingerprint density at radius 1 is 1.29 bits per heavy atom. The number of phenolic OH excluding ortho intramolecular Hbond substituents is 1. The maximum Gasteiger partial charge on any atom is 0.255 e.